The van der Waals surface area contributed by atoms with Gasteiger partial charge >= 0.3 is 6.03 Å². The second kappa shape index (κ2) is 9.17. The van der Waals surface area contributed by atoms with Crippen LogP contribution in [0.4, 0.5) is 10.5 Å². The van der Waals surface area contributed by atoms with Crippen LogP contribution in [0.15, 0.2) is 41.3 Å². The van der Waals surface area contributed by atoms with E-state index in [4.69, 9.17) is 14.2 Å². The van der Waals surface area contributed by atoms with Gasteiger partial charge in [-0.1, -0.05) is 18.2 Å². The summed E-state index contributed by atoms with van der Waals surface area (Å²) in [5, 5.41) is 5.85. The van der Waals surface area contributed by atoms with E-state index in [0.29, 0.717) is 34.0 Å². The molecule has 3 aromatic rings. The Hall–Kier alpha value is -3.40. The number of ether oxygens (including phenoxy) is 3. The van der Waals surface area contributed by atoms with Gasteiger partial charge < -0.3 is 29.8 Å². The number of nitrogens with one attached hydrogen (secondary N) is 3. The third kappa shape index (κ3) is 4.69. The molecule has 0 bridgehead atoms. The number of sulfone groups is 1. The van der Waals surface area contributed by atoms with Crippen molar-refractivity contribution in [1.82, 2.24) is 10.3 Å². The molecule has 166 valence electrons. The number of anilines is 1. The molecule has 0 unspecified atom stereocenters. The number of methoxy groups -OCH3 is 3. The third-order valence-electron chi connectivity index (χ3n) is 4.72. The van der Waals surface area contributed by atoms with E-state index in [-0.39, 0.29) is 17.2 Å². The molecular formula is C21H25N3O6S. The zero-order chi connectivity index (χ0) is 22.6. The Labute approximate surface area is 180 Å². The SMILES string of the molecule is COc1cc(NC(=O)NCCS(=O)(=O)c2c(C)[nH]c3ccccc23)cc(OC)c1OC. The van der Waals surface area contributed by atoms with Gasteiger partial charge in [-0.2, -0.15) is 0 Å². The second-order valence-electron chi connectivity index (χ2n) is 6.74. The van der Waals surface area contributed by atoms with Crippen LogP contribution < -0.4 is 24.8 Å². The fourth-order valence-electron chi connectivity index (χ4n) is 3.38. The van der Waals surface area contributed by atoms with Gasteiger partial charge in [0.1, 0.15) is 0 Å². The predicted octanol–water partition coefficient (Wildman–Crippen LogP) is 3.10. The minimum absolute atomic E-state index is 0.0580. The largest absolute Gasteiger partial charge is 0.493 e. The molecule has 0 spiro atoms. The highest BCUT2D eigenvalue weighted by Gasteiger charge is 2.22. The van der Waals surface area contributed by atoms with Crippen molar-refractivity contribution in [2.75, 3.05) is 38.9 Å². The number of aromatic nitrogens is 1. The van der Waals surface area contributed by atoms with Crippen molar-refractivity contribution >= 4 is 32.5 Å². The number of urea groups is 1. The van der Waals surface area contributed by atoms with Gasteiger partial charge in [-0.15, -0.1) is 0 Å². The van der Waals surface area contributed by atoms with Crippen LogP contribution in [0.3, 0.4) is 0 Å². The summed E-state index contributed by atoms with van der Waals surface area (Å²) in [6.45, 7) is 1.66. The summed E-state index contributed by atoms with van der Waals surface area (Å²) in [4.78, 5) is 15.6. The van der Waals surface area contributed by atoms with E-state index in [9.17, 15) is 13.2 Å². The van der Waals surface area contributed by atoms with Gasteiger partial charge in [0.15, 0.2) is 21.3 Å². The Morgan fingerprint density at radius 2 is 1.68 bits per heavy atom. The van der Waals surface area contributed by atoms with Gasteiger partial charge in [-0.25, -0.2) is 13.2 Å². The van der Waals surface area contributed by atoms with Gasteiger partial charge in [0.2, 0.25) is 5.75 Å². The van der Waals surface area contributed by atoms with Crippen molar-refractivity contribution < 1.29 is 27.4 Å². The minimum Gasteiger partial charge on any atom is -0.493 e. The van der Waals surface area contributed by atoms with Crippen molar-refractivity contribution in [2.24, 2.45) is 0 Å². The third-order valence-corrected chi connectivity index (χ3v) is 6.61. The second-order valence-corrected chi connectivity index (χ2v) is 8.78. The van der Waals surface area contributed by atoms with E-state index < -0.39 is 15.9 Å². The number of carbonyl (C=O) groups is 1. The van der Waals surface area contributed by atoms with Crippen molar-refractivity contribution in [3.05, 3.63) is 42.1 Å². The van der Waals surface area contributed by atoms with Gasteiger partial charge in [-0.05, 0) is 13.0 Å². The summed E-state index contributed by atoms with van der Waals surface area (Å²) in [5.41, 5.74) is 1.73. The molecule has 2 aromatic carbocycles. The smallest absolute Gasteiger partial charge is 0.319 e. The van der Waals surface area contributed by atoms with E-state index in [2.05, 4.69) is 15.6 Å². The monoisotopic (exact) mass is 447 g/mol. The normalized spacial score (nSPS) is 11.2. The number of amides is 2. The molecular weight excluding hydrogens is 422 g/mol. The predicted molar refractivity (Wildman–Crippen MR) is 118 cm³/mol. The quantitative estimate of drug-likeness (QED) is 0.488. The summed E-state index contributed by atoms with van der Waals surface area (Å²) in [6, 6.07) is 9.81. The van der Waals surface area contributed by atoms with Crippen LogP contribution in [-0.4, -0.2) is 53.1 Å². The van der Waals surface area contributed by atoms with Crippen molar-refractivity contribution in [1.29, 1.82) is 0 Å². The molecule has 1 heterocycles. The maximum absolute atomic E-state index is 12.9. The molecule has 0 aliphatic heterocycles. The van der Waals surface area contributed by atoms with Gasteiger partial charge in [0, 0.05) is 35.3 Å². The Kier molecular flexibility index (Phi) is 6.59. The highest BCUT2D eigenvalue weighted by Crippen LogP contribution is 2.39. The molecule has 2 amide bonds. The molecule has 3 rings (SSSR count). The maximum atomic E-state index is 12.9. The first-order valence-corrected chi connectivity index (χ1v) is 11.1. The van der Waals surface area contributed by atoms with Crippen molar-refractivity contribution in [3.63, 3.8) is 0 Å². The number of carbonyl (C=O) groups excluding carboxylic acids is 1. The van der Waals surface area contributed by atoms with E-state index >= 15 is 0 Å². The fourth-order valence-corrected chi connectivity index (χ4v) is 4.99. The molecule has 0 fully saturated rings. The van der Waals surface area contributed by atoms with Gasteiger partial charge in [0.05, 0.1) is 37.7 Å². The summed E-state index contributed by atoms with van der Waals surface area (Å²) < 4.78 is 41.5. The molecule has 1 aromatic heterocycles. The number of para-hydroxylation sites is 1. The molecule has 0 radical (unpaired) electrons. The maximum Gasteiger partial charge on any atom is 0.319 e. The highest BCUT2D eigenvalue weighted by atomic mass is 32.2. The Balaban J connectivity index is 1.67. The van der Waals surface area contributed by atoms with Crippen LogP contribution in [0.1, 0.15) is 5.69 Å². The number of benzene rings is 2. The Morgan fingerprint density at radius 1 is 1.03 bits per heavy atom. The molecule has 0 aliphatic carbocycles. The van der Waals surface area contributed by atoms with Crippen LogP contribution in [0.2, 0.25) is 0 Å². The average Bonchev–Trinajstić information content (AvgIpc) is 3.09. The first kappa shape index (κ1) is 22.3. The molecule has 3 N–H and O–H groups in total. The first-order chi connectivity index (χ1) is 14.8. The molecule has 0 aliphatic rings. The molecule has 0 atom stereocenters. The summed E-state index contributed by atoms with van der Waals surface area (Å²) >= 11 is 0. The number of rotatable bonds is 8. The van der Waals surface area contributed by atoms with Crippen LogP contribution in [-0.2, 0) is 9.84 Å². The summed E-state index contributed by atoms with van der Waals surface area (Å²) in [7, 11) is 0.821. The van der Waals surface area contributed by atoms with Crippen LogP contribution >= 0.6 is 0 Å². The Morgan fingerprint density at radius 3 is 2.29 bits per heavy atom. The standard InChI is InChI=1S/C21H25N3O6S/c1-13-20(15-7-5-6-8-16(15)23-13)31(26,27)10-9-22-21(25)24-14-11-17(28-2)19(30-4)18(12-14)29-3/h5-8,11-12,23H,9-10H2,1-4H3,(H2,22,24,25). The molecule has 9 nitrogen and oxygen atoms in total. The topological polar surface area (TPSA) is 119 Å². The van der Waals surface area contributed by atoms with E-state index in [1.54, 1.807) is 31.2 Å². The molecule has 0 saturated carbocycles. The van der Waals surface area contributed by atoms with E-state index in [1.807, 2.05) is 12.1 Å². The van der Waals surface area contributed by atoms with Gasteiger partial charge in [0.25, 0.3) is 0 Å². The highest BCUT2D eigenvalue weighted by molar-refractivity contribution is 7.91. The van der Waals surface area contributed by atoms with E-state index in [0.717, 1.165) is 5.52 Å². The number of hydrogen-bond donors (Lipinski definition) is 3. The summed E-state index contributed by atoms with van der Waals surface area (Å²) in [5.74, 6) is 0.929. The number of aryl methyl sites for hydroxylation is 1. The first-order valence-electron chi connectivity index (χ1n) is 9.45. The van der Waals surface area contributed by atoms with Crippen LogP contribution in [0, 0.1) is 6.92 Å². The lowest BCUT2D eigenvalue weighted by Crippen LogP contribution is -2.33. The number of H-pyrrole nitrogens is 1. The lowest BCUT2D eigenvalue weighted by Gasteiger charge is -2.15. The molecule has 0 saturated heterocycles. The van der Waals surface area contributed by atoms with Crippen LogP contribution in [0.5, 0.6) is 17.2 Å². The number of fused-ring (bicyclic) bond motifs is 1. The molecule has 10 heteroatoms. The number of aromatic amines is 1. The lowest BCUT2D eigenvalue weighted by atomic mass is 10.2. The summed E-state index contributed by atoms with van der Waals surface area (Å²) in [6.07, 6.45) is 0. The number of hydrogen-bond acceptors (Lipinski definition) is 6. The van der Waals surface area contributed by atoms with Crippen molar-refractivity contribution in [2.45, 2.75) is 11.8 Å². The van der Waals surface area contributed by atoms with Crippen LogP contribution in [0.25, 0.3) is 10.9 Å². The minimum atomic E-state index is -3.60. The fraction of sp³-hybridized carbons (Fsp3) is 0.286. The van der Waals surface area contributed by atoms with E-state index in [1.165, 1.54) is 21.3 Å². The Bertz CT molecular complexity index is 1180. The zero-order valence-corrected chi connectivity index (χ0v) is 18.6. The van der Waals surface area contributed by atoms with Crippen molar-refractivity contribution in [3.8, 4) is 17.2 Å². The van der Waals surface area contributed by atoms with Gasteiger partial charge in [-0.3, -0.25) is 0 Å². The molecule has 31 heavy (non-hydrogen) atoms. The average molecular weight is 448 g/mol. The zero-order valence-electron chi connectivity index (χ0n) is 17.7. The lowest BCUT2D eigenvalue weighted by molar-refractivity contribution is 0.252.